The molecular weight excluding hydrogens is 250 g/mol. The maximum atomic E-state index is 5.56. The van der Waals surface area contributed by atoms with Gasteiger partial charge in [0.25, 0.3) is 0 Å². The smallest absolute Gasteiger partial charge is 0.0674 e. The van der Waals surface area contributed by atoms with Gasteiger partial charge in [0.15, 0.2) is 0 Å². The summed E-state index contributed by atoms with van der Waals surface area (Å²) < 4.78 is 5.56. The van der Waals surface area contributed by atoms with E-state index in [0.29, 0.717) is 6.10 Å². The molecule has 0 saturated carbocycles. The number of nitrogens with zero attached hydrogens (tertiary/aromatic N) is 2. The summed E-state index contributed by atoms with van der Waals surface area (Å²) in [5.74, 6) is 0. The number of pyridine rings is 1. The van der Waals surface area contributed by atoms with E-state index in [1.807, 2.05) is 6.20 Å². The predicted octanol–water partition coefficient (Wildman–Crippen LogP) is 2.19. The second kappa shape index (κ2) is 6.66. The molecular formula is C16H27N3O. The van der Waals surface area contributed by atoms with E-state index in [4.69, 9.17) is 4.74 Å². The highest BCUT2D eigenvalue weighted by molar-refractivity contribution is 5.14. The SMILES string of the molecule is CC1CN(Cc2ccc(CNC(C)(C)C)cn2)CCO1. The molecule has 0 bridgehead atoms. The Morgan fingerprint density at radius 1 is 1.40 bits per heavy atom. The van der Waals surface area contributed by atoms with E-state index in [-0.39, 0.29) is 5.54 Å². The summed E-state index contributed by atoms with van der Waals surface area (Å²) in [5, 5.41) is 3.48. The number of nitrogens with one attached hydrogen (secondary N) is 1. The second-order valence-electron chi connectivity index (χ2n) is 6.68. The van der Waals surface area contributed by atoms with Crippen molar-refractivity contribution in [2.75, 3.05) is 19.7 Å². The van der Waals surface area contributed by atoms with Gasteiger partial charge in [-0.15, -0.1) is 0 Å². The predicted molar refractivity (Wildman–Crippen MR) is 81.5 cm³/mol. The third-order valence-corrected chi connectivity index (χ3v) is 3.42. The summed E-state index contributed by atoms with van der Waals surface area (Å²) in [6.45, 7) is 13.3. The lowest BCUT2D eigenvalue weighted by molar-refractivity contribution is -0.0215. The van der Waals surface area contributed by atoms with Gasteiger partial charge in [0.05, 0.1) is 18.4 Å². The van der Waals surface area contributed by atoms with Crippen molar-refractivity contribution in [3.05, 3.63) is 29.6 Å². The first kappa shape index (κ1) is 15.4. The fraction of sp³-hybridized carbons (Fsp3) is 0.688. The first-order chi connectivity index (χ1) is 9.42. The normalized spacial score (nSPS) is 21.1. The van der Waals surface area contributed by atoms with Crippen LogP contribution in [-0.2, 0) is 17.8 Å². The Labute approximate surface area is 122 Å². The average Bonchev–Trinajstić information content (AvgIpc) is 2.37. The molecule has 1 aromatic heterocycles. The summed E-state index contributed by atoms with van der Waals surface area (Å²) in [4.78, 5) is 6.98. The molecule has 1 aromatic rings. The first-order valence-electron chi connectivity index (χ1n) is 7.45. The van der Waals surface area contributed by atoms with Crippen molar-refractivity contribution < 1.29 is 4.74 Å². The highest BCUT2D eigenvalue weighted by atomic mass is 16.5. The highest BCUT2D eigenvalue weighted by Gasteiger charge is 2.17. The lowest BCUT2D eigenvalue weighted by Gasteiger charge is -2.30. The molecule has 0 spiro atoms. The zero-order chi connectivity index (χ0) is 14.6. The summed E-state index contributed by atoms with van der Waals surface area (Å²) >= 11 is 0. The van der Waals surface area contributed by atoms with Gasteiger partial charge in [0.2, 0.25) is 0 Å². The van der Waals surface area contributed by atoms with E-state index < -0.39 is 0 Å². The van der Waals surface area contributed by atoms with E-state index >= 15 is 0 Å². The molecule has 112 valence electrons. The third kappa shape index (κ3) is 5.19. The van der Waals surface area contributed by atoms with Crippen LogP contribution < -0.4 is 5.32 Å². The van der Waals surface area contributed by atoms with Crippen molar-refractivity contribution >= 4 is 0 Å². The van der Waals surface area contributed by atoms with Gasteiger partial charge in [-0.2, -0.15) is 0 Å². The Morgan fingerprint density at radius 3 is 2.80 bits per heavy atom. The molecule has 1 N–H and O–H groups in total. The largest absolute Gasteiger partial charge is 0.376 e. The van der Waals surface area contributed by atoms with Gasteiger partial charge in [-0.3, -0.25) is 9.88 Å². The standard InChI is InChI=1S/C16H27N3O/c1-13-11-19(7-8-20-13)12-15-6-5-14(9-17-15)10-18-16(2,3)4/h5-6,9,13,18H,7-8,10-12H2,1-4H3. The number of hydrogen-bond donors (Lipinski definition) is 1. The summed E-state index contributed by atoms with van der Waals surface area (Å²) in [7, 11) is 0. The van der Waals surface area contributed by atoms with Crippen LogP contribution in [0.4, 0.5) is 0 Å². The molecule has 1 fully saturated rings. The molecule has 20 heavy (non-hydrogen) atoms. The molecule has 1 atom stereocenters. The monoisotopic (exact) mass is 277 g/mol. The molecule has 1 aliphatic rings. The Morgan fingerprint density at radius 2 is 2.20 bits per heavy atom. The van der Waals surface area contributed by atoms with Gasteiger partial charge in [0.1, 0.15) is 0 Å². The van der Waals surface area contributed by atoms with E-state index in [2.05, 4.69) is 55.0 Å². The molecule has 1 unspecified atom stereocenters. The zero-order valence-corrected chi connectivity index (χ0v) is 13.1. The van der Waals surface area contributed by atoms with E-state index in [9.17, 15) is 0 Å². The molecule has 0 aliphatic carbocycles. The lowest BCUT2D eigenvalue weighted by Crippen LogP contribution is -2.40. The summed E-state index contributed by atoms with van der Waals surface area (Å²) in [6.07, 6.45) is 2.32. The van der Waals surface area contributed by atoms with Crippen molar-refractivity contribution in [2.45, 2.75) is 52.4 Å². The Kier molecular flexibility index (Phi) is 5.13. The molecule has 0 aromatic carbocycles. The second-order valence-corrected chi connectivity index (χ2v) is 6.68. The van der Waals surface area contributed by atoms with Crippen molar-refractivity contribution in [3.63, 3.8) is 0 Å². The fourth-order valence-electron chi connectivity index (χ4n) is 2.28. The molecule has 4 heteroatoms. The van der Waals surface area contributed by atoms with Crippen LogP contribution in [-0.4, -0.2) is 41.2 Å². The number of rotatable bonds is 4. The number of morpholine rings is 1. The number of ether oxygens (including phenoxy) is 1. The molecule has 2 heterocycles. The minimum atomic E-state index is 0.141. The molecule has 4 nitrogen and oxygen atoms in total. The minimum Gasteiger partial charge on any atom is -0.376 e. The molecule has 1 aliphatic heterocycles. The van der Waals surface area contributed by atoms with Crippen LogP contribution in [0.15, 0.2) is 18.3 Å². The fourth-order valence-corrected chi connectivity index (χ4v) is 2.28. The average molecular weight is 277 g/mol. The Bertz CT molecular complexity index is 411. The molecule has 0 amide bonds. The van der Waals surface area contributed by atoms with Crippen LogP contribution in [0.5, 0.6) is 0 Å². The maximum absolute atomic E-state index is 5.56. The van der Waals surface area contributed by atoms with Crippen LogP contribution in [0.3, 0.4) is 0 Å². The highest BCUT2D eigenvalue weighted by Crippen LogP contribution is 2.10. The quantitative estimate of drug-likeness (QED) is 0.915. The zero-order valence-electron chi connectivity index (χ0n) is 13.1. The maximum Gasteiger partial charge on any atom is 0.0674 e. The summed E-state index contributed by atoms with van der Waals surface area (Å²) in [6, 6.07) is 4.31. The van der Waals surface area contributed by atoms with Gasteiger partial charge in [0, 0.05) is 37.9 Å². The number of hydrogen-bond acceptors (Lipinski definition) is 4. The van der Waals surface area contributed by atoms with Gasteiger partial charge in [-0.25, -0.2) is 0 Å². The summed E-state index contributed by atoms with van der Waals surface area (Å²) in [5.41, 5.74) is 2.51. The van der Waals surface area contributed by atoms with Crippen molar-refractivity contribution in [2.24, 2.45) is 0 Å². The van der Waals surface area contributed by atoms with Gasteiger partial charge in [-0.05, 0) is 39.3 Å². The van der Waals surface area contributed by atoms with E-state index in [0.717, 1.165) is 38.5 Å². The Hall–Kier alpha value is -0.970. The van der Waals surface area contributed by atoms with Crippen LogP contribution in [0, 0.1) is 0 Å². The van der Waals surface area contributed by atoms with Gasteiger partial charge < -0.3 is 10.1 Å². The number of aromatic nitrogens is 1. The van der Waals surface area contributed by atoms with E-state index in [1.54, 1.807) is 0 Å². The lowest BCUT2D eigenvalue weighted by atomic mass is 10.1. The Balaban J connectivity index is 1.85. The van der Waals surface area contributed by atoms with Crippen LogP contribution in [0.25, 0.3) is 0 Å². The molecule has 1 saturated heterocycles. The van der Waals surface area contributed by atoms with Crippen molar-refractivity contribution in [3.8, 4) is 0 Å². The first-order valence-corrected chi connectivity index (χ1v) is 7.45. The topological polar surface area (TPSA) is 37.4 Å². The van der Waals surface area contributed by atoms with Gasteiger partial charge >= 0.3 is 0 Å². The van der Waals surface area contributed by atoms with Crippen molar-refractivity contribution in [1.29, 1.82) is 0 Å². The van der Waals surface area contributed by atoms with Gasteiger partial charge in [-0.1, -0.05) is 6.07 Å². The third-order valence-electron chi connectivity index (χ3n) is 3.42. The van der Waals surface area contributed by atoms with Crippen LogP contribution in [0.1, 0.15) is 39.0 Å². The molecule has 0 radical (unpaired) electrons. The van der Waals surface area contributed by atoms with E-state index in [1.165, 1.54) is 5.56 Å². The minimum absolute atomic E-state index is 0.141. The van der Waals surface area contributed by atoms with Crippen LogP contribution in [0.2, 0.25) is 0 Å². The van der Waals surface area contributed by atoms with Crippen LogP contribution >= 0.6 is 0 Å². The molecule has 2 rings (SSSR count). The van der Waals surface area contributed by atoms with Crippen molar-refractivity contribution in [1.82, 2.24) is 15.2 Å².